The Morgan fingerprint density at radius 3 is 2.72 bits per heavy atom. The zero-order valence-electron chi connectivity index (χ0n) is 21.7. The van der Waals surface area contributed by atoms with Crippen molar-refractivity contribution < 1.29 is 5.11 Å². The van der Waals surface area contributed by atoms with E-state index in [1.807, 2.05) is 67.7 Å². The number of nitrogens with two attached hydrogens (primary N) is 1. The minimum Gasteiger partial charge on any atom is -0.394 e. The number of hydrogen-bond acceptors (Lipinski definition) is 6. The van der Waals surface area contributed by atoms with Crippen LogP contribution in [0.25, 0.3) is 22.4 Å². The second kappa shape index (κ2) is 11.7. The number of benzene rings is 2. The summed E-state index contributed by atoms with van der Waals surface area (Å²) in [6.07, 6.45) is 6.50. The van der Waals surface area contributed by atoms with E-state index in [2.05, 4.69) is 25.3 Å². The highest BCUT2D eigenvalue weighted by Crippen LogP contribution is 2.27. The van der Waals surface area contributed by atoms with Gasteiger partial charge in [-0.3, -0.25) is 14.8 Å². The first-order valence-electron chi connectivity index (χ1n) is 12.8. The highest BCUT2D eigenvalue weighted by atomic mass is 16.3. The molecular formula is C30H31N7O2. The molecule has 9 heteroatoms. The summed E-state index contributed by atoms with van der Waals surface area (Å²) in [4.78, 5) is 32.5. The van der Waals surface area contributed by atoms with Gasteiger partial charge in [0.05, 0.1) is 29.4 Å². The monoisotopic (exact) mass is 521 g/mol. The van der Waals surface area contributed by atoms with Crippen LogP contribution < -0.4 is 16.6 Å². The summed E-state index contributed by atoms with van der Waals surface area (Å²) in [5, 5.41) is 13.4. The van der Waals surface area contributed by atoms with E-state index in [0.717, 1.165) is 39.7 Å². The Balaban J connectivity index is 1.42. The van der Waals surface area contributed by atoms with Crippen LogP contribution in [0.1, 0.15) is 22.3 Å². The van der Waals surface area contributed by atoms with Crippen LogP contribution >= 0.6 is 0 Å². The molecule has 39 heavy (non-hydrogen) atoms. The zero-order chi connectivity index (χ0) is 27.2. The maximum atomic E-state index is 13.0. The first kappa shape index (κ1) is 25.9. The molecule has 0 spiro atoms. The quantitative estimate of drug-likeness (QED) is 0.140. The van der Waals surface area contributed by atoms with Crippen LogP contribution in [0.4, 0.5) is 5.69 Å². The van der Waals surface area contributed by atoms with Crippen LogP contribution in [0.15, 0.2) is 89.0 Å². The van der Waals surface area contributed by atoms with Gasteiger partial charge in [-0.05, 0) is 60.7 Å². The Kier molecular flexibility index (Phi) is 7.79. The fraction of sp³-hybridized carbons (Fsp3) is 0.200. The molecule has 0 radical (unpaired) electrons. The van der Waals surface area contributed by atoms with Crippen molar-refractivity contribution in [1.82, 2.24) is 19.9 Å². The van der Waals surface area contributed by atoms with E-state index in [0.29, 0.717) is 35.9 Å². The smallest absolute Gasteiger partial charge is 0.261 e. The predicted molar refractivity (Wildman–Crippen MR) is 155 cm³/mol. The second-order valence-electron chi connectivity index (χ2n) is 9.46. The number of aliphatic imine (C=N–C) groups is 1. The summed E-state index contributed by atoms with van der Waals surface area (Å²) < 4.78 is 0. The minimum atomic E-state index is -0.287. The van der Waals surface area contributed by atoms with Gasteiger partial charge in [0.2, 0.25) is 0 Å². The molecule has 0 amide bonds. The van der Waals surface area contributed by atoms with E-state index in [4.69, 9.17) is 10.7 Å². The summed E-state index contributed by atoms with van der Waals surface area (Å²) in [7, 11) is 0. The van der Waals surface area contributed by atoms with Gasteiger partial charge in [-0.2, -0.15) is 0 Å². The van der Waals surface area contributed by atoms with Crippen LogP contribution in [0.5, 0.6) is 0 Å². The fourth-order valence-electron chi connectivity index (χ4n) is 4.61. The van der Waals surface area contributed by atoms with Crippen LogP contribution in [0, 0.1) is 6.92 Å². The molecule has 3 aromatic heterocycles. The molecule has 3 heterocycles. The number of aryl methyl sites for hydroxylation is 1. The van der Waals surface area contributed by atoms with Crippen molar-refractivity contribution >= 4 is 22.6 Å². The lowest BCUT2D eigenvalue weighted by atomic mass is 10.1. The molecular weight excluding hydrogens is 490 g/mol. The zero-order valence-corrected chi connectivity index (χ0v) is 21.7. The minimum absolute atomic E-state index is 0.0941. The topological polar surface area (TPSA) is 145 Å². The van der Waals surface area contributed by atoms with Crippen LogP contribution in [-0.4, -0.2) is 50.1 Å². The van der Waals surface area contributed by atoms with Crippen molar-refractivity contribution in [2.24, 2.45) is 10.7 Å². The van der Waals surface area contributed by atoms with Crippen molar-refractivity contribution in [3.05, 3.63) is 112 Å². The Labute approximate surface area is 225 Å². The first-order chi connectivity index (χ1) is 19.0. The summed E-state index contributed by atoms with van der Waals surface area (Å²) >= 11 is 0. The summed E-state index contributed by atoms with van der Waals surface area (Å²) in [6, 6.07) is 19.2. The Bertz CT molecular complexity index is 1640. The molecule has 9 nitrogen and oxygen atoms in total. The van der Waals surface area contributed by atoms with Crippen LogP contribution in [0.2, 0.25) is 0 Å². The number of imidazole rings is 1. The van der Waals surface area contributed by atoms with E-state index in [9.17, 15) is 9.90 Å². The van der Waals surface area contributed by atoms with Crippen molar-refractivity contribution in [1.29, 1.82) is 0 Å². The largest absolute Gasteiger partial charge is 0.394 e. The van der Waals surface area contributed by atoms with Crippen molar-refractivity contribution in [2.75, 3.05) is 18.5 Å². The van der Waals surface area contributed by atoms with Gasteiger partial charge in [0.25, 0.3) is 5.56 Å². The maximum Gasteiger partial charge on any atom is 0.261 e. The van der Waals surface area contributed by atoms with E-state index < -0.39 is 0 Å². The molecule has 5 rings (SSSR count). The normalized spacial score (nSPS) is 12.5. The van der Waals surface area contributed by atoms with E-state index in [1.54, 1.807) is 18.5 Å². The van der Waals surface area contributed by atoms with Gasteiger partial charge in [0.15, 0.2) is 0 Å². The fourth-order valence-corrected chi connectivity index (χ4v) is 4.61. The Morgan fingerprint density at radius 2 is 1.95 bits per heavy atom. The third-order valence-electron chi connectivity index (χ3n) is 6.58. The number of nitrogens with zero attached hydrogens (tertiary/aromatic N) is 3. The Morgan fingerprint density at radius 1 is 1.13 bits per heavy atom. The second-order valence-corrected chi connectivity index (χ2v) is 9.46. The van der Waals surface area contributed by atoms with Gasteiger partial charge >= 0.3 is 0 Å². The van der Waals surface area contributed by atoms with Gasteiger partial charge in [-0.25, -0.2) is 4.98 Å². The summed E-state index contributed by atoms with van der Waals surface area (Å²) in [6.45, 7) is 2.41. The number of hydrogen-bond donors (Lipinski definition) is 5. The van der Waals surface area contributed by atoms with Crippen LogP contribution in [-0.2, 0) is 12.8 Å². The average molecular weight is 522 g/mol. The highest BCUT2D eigenvalue weighted by Gasteiger charge is 2.18. The first-order valence-corrected chi connectivity index (χ1v) is 12.8. The van der Waals surface area contributed by atoms with Gasteiger partial charge in [-0.1, -0.05) is 36.4 Å². The molecule has 198 valence electrons. The van der Waals surface area contributed by atoms with Gasteiger partial charge in [0, 0.05) is 30.7 Å². The third-order valence-corrected chi connectivity index (χ3v) is 6.58. The number of aromatic amines is 2. The summed E-state index contributed by atoms with van der Waals surface area (Å²) in [5.74, 6) is 0.866. The van der Waals surface area contributed by atoms with Gasteiger partial charge in [-0.15, -0.1) is 0 Å². The number of aliphatic hydroxyl groups excluding tert-OH is 1. The number of rotatable bonds is 10. The molecule has 0 bridgehead atoms. The van der Waals surface area contributed by atoms with E-state index in [1.165, 1.54) is 0 Å². The van der Waals surface area contributed by atoms with Gasteiger partial charge in [0.1, 0.15) is 17.2 Å². The lowest BCUT2D eigenvalue weighted by Gasteiger charge is -2.19. The SMILES string of the molecule is Cc1cc(C(N)=NCCc2cccnc2)cc2[nH]c(-c3c(NC(CO)Cc4ccccc4)cc[nH]c3=O)nc12. The molecule has 0 saturated heterocycles. The van der Waals surface area contributed by atoms with Crippen molar-refractivity contribution in [3.8, 4) is 11.4 Å². The summed E-state index contributed by atoms with van der Waals surface area (Å²) in [5.41, 5.74) is 12.4. The van der Waals surface area contributed by atoms with Crippen molar-refractivity contribution in [3.63, 3.8) is 0 Å². The predicted octanol–water partition coefficient (Wildman–Crippen LogP) is 3.59. The number of aromatic nitrogens is 4. The number of aliphatic hydroxyl groups is 1. The number of amidine groups is 1. The molecule has 2 aromatic carbocycles. The lowest BCUT2D eigenvalue weighted by molar-refractivity contribution is 0.274. The molecule has 5 aromatic rings. The average Bonchev–Trinajstić information content (AvgIpc) is 3.38. The van der Waals surface area contributed by atoms with Crippen LogP contribution in [0.3, 0.4) is 0 Å². The molecule has 1 atom stereocenters. The molecule has 0 aliphatic rings. The molecule has 1 unspecified atom stereocenters. The highest BCUT2D eigenvalue weighted by molar-refractivity contribution is 6.01. The number of H-pyrrole nitrogens is 2. The standard InChI is InChI=1S/C30H31N7O2/c1-19-14-22(28(31)33-12-9-21-8-5-11-32-17-21)16-25-27(19)37-29(36-25)26-24(10-13-34-30(26)39)35-23(18-38)15-20-6-3-2-4-7-20/h2-8,10-11,13-14,16-17,23,38H,9,12,15,18H2,1H3,(H2,31,33)(H,36,37)(H2,34,35,39). The number of fused-ring (bicyclic) bond motifs is 1. The number of nitrogens with one attached hydrogen (secondary N) is 3. The van der Waals surface area contributed by atoms with Gasteiger partial charge < -0.3 is 26.1 Å². The Hall–Kier alpha value is -4.76. The van der Waals surface area contributed by atoms with E-state index in [-0.39, 0.29) is 18.2 Å². The molecule has 0 aliphatic carbocycles. The number of anilines is 1. The molecule has 6 N–H and O–H groups in total. The van der Waals surface area contributed by atoms with E-state index >= 15 is 0 Å². The molecule has 0 aliphatic heterocycles. The number of pyridine rings is 2. The lowest BCUT2D eigenvalue weighted by Crippen LogP contribution is -2.28. The molecule has 0 saturated carbocycles. The maximum absolute atomic E-state index is 13.0. The third kappa shape index (κ3) is 6.05. The van der Waals surface area contributed by atoms with Crippen molar-refractivity contribution in [2.45, 2.75) is 25.8 Å². The molecule has 0 fully saturated rings.